The van der Waals surface area contributed by atoms with E-state index in [0.717, 1.165) is 19.5 Å². The van der Waals surface area contributed by atoms with Crippen molar-refractivity contribution in [2.75, 3.05) is 25.0 Å². The number of benzene rings is 1. The second-order valence-electron chi connectivity index (χ2n) is 4.92. The van der Waals surface area contributed by atoms with Crippen molar-refractivity contribution in [2.45, 2.75) is 33.1 Å². The molecule has 1 rings (SSSR count). The molecule has 1 atom stereocenters. The van der Waals surface area contributed by atoms with Crippen molar-refractivity contribution in [1.29, 1.82) is 0 Å². The van der Waals surface area contributed by atoms with Crippen LogP contribution in [0.3, 0.4) is 0 Å². The van der Waals surface area contributed by atoms with Crippen LogP contribution >= 0.6 is 0 Å². The molecule has 0 heterocycles. The van der Waals surface area contributed by atoms with Gasteiger partial charge in [-0.25, -0.2) is 0 Å². The van der Waals surface area contributed by atoms with Crippen molar-refractivity contribution in [1.82, 2.24) is 0 Å². The topological polar surface area (TPSA) is 29.3 Å². The Balaban J connectivity index is 2.38. The summed E-state index contributed by atoms with van der Waals surface area (Å²) in [6.07, 6.45) is 3.54. The molecule has 17 heavy (non-hydrogen) atoms. The number of hydrogen-bond donors (Lipinski definition) is 1. The van der Waals surface area contributed by atoms with Crippen LogP contribution in [0.1, 0.15) is 32.3 Å². The van der Waals surface area contributed by atoms with Crippen LogP contribution in [0.25, 0.3) is 0 Å². The molecule has 1 aromatic rings. The summed E-state index contributed by atoms with van der Waals surface area (Å²) in [6.45, 7) is 6.31. The van der Waals surface area contributed by atoms with Crippen LogP contribution in [0.5, 0.6) is 0 Å². The van der Waals surface area contributed by atoms with Crippen LogP contribution in [0.15, 0.2) is 24.3 Å². The van der Waals surface area contributed by atoms with Crippen LogP contribution in [-0.2, 0) is 6.42 Å². The third-order valence-electron chi connectivity index (χ3n) is 3.38. The molecule has 0 saturated heterocycles. The Bertz CT molecular complexity index is 305. The molecule has 0 aliphatic heterocycles. The third kappa shape index (κ3) is 4.78. The zero-order chi connectivity index (χ0) is 12.7. The zero-order valence-corrected chi connectivity index (χ0v) is 11.4. The van der Waals surface area contributed by atoms with Gasteiger partial charge in [0, 0.05) is 19.3 Å². The van der Waals surface area contributed by atoms with E-state index in [1.54, 1.807) is 0 Å². The first-order chi connectivity index (χ1) is 8.17. The lowest BCUT2D eigenvalue weighted by Gasteiger charge is -2.20. The molecule has 0 bridgehead atoms. The first-order valence-electron chi connectivity index (χ1n) is 6.67. The maximum absolute atomic E-state index is 5.62. The highest BCUT2D eigenvalue weighted by Gasteiger charge is 2.03. The van der Waals surface area contributed by atoms with E-state index in [-0.39, 0.29) is 0 Å². The molecular formula is C15H26N2. The van der Waals surface area contributed by atoms with Gasteiger partial charge in [-0.05, 0) is 49.4 Å². The molecule has 0 spiro atoms. The molecule has 0 radical (unpaired) electrons. The average molecular weight is 234 g/mol. The second kappa shape index (κ2) is 7.33. The highest BCUT2D eigenvalue weighted by molar-refractivity contribution is 5.46. The van der Waals surface area contributed by atoms with Crippen molar-refractivity contribution >= 4 is 5.69 Å². The smallest absolute Gasteiger partial charge is 0.0363 e. The van der Waals surface area contributed by atoms with Crippen LogP contribution in [0.4, 0.5) is 5.69 Å². The Morgan fingerprint density at radius 3 is 2.41 bits per heavy atom. The van der Waals surface area contributed by atoms with Gasteiger partial charge in [-0.3, -0.25) is 0 Å². The van der Waals surface area contributed by atoms with Gasteiger partial charge in [-0.15, -0.1) is 0 Å². The lowest BCUT2D eigenvalue weighted by Crippen LogP contribution is -2.20. The minimum absolute atomic E-state index is 0.644. The molecule has 0 aromatic heterocycles. The van der Waals surface area contributed by atoms with E-state index in [4.69, 9.17) is 5.73 Å². The molecule has 0 aliphatic rings. The molecule has 0 saturated carbocycles. The van der Waals surface area contributed by atoms with Gasteiger partial charge in [0.1, 0.15) is 0 Å². The van der Waals surface area contributed by atoms with Gasteiger partial charge < -0.3 is 10.6 Å². The van der Waals surface area contributed by atoms with Crippen LogP contribution in [-0.4, -0.2) is 20.1 Å². The van der Waals surface area contributed by atoms with Crippen molar-refractivity contribution in [3.8, 4) is 0 Å². The monoisotopic (exact) mass is 234 g/mol. The van der Waals surface area contributed by atoms with Gasteiger partial charge in [0.05, 0.1) is 0 Å². The summed E-state index contributed by atoms with van der Waals surface area (Å²) in [6, 6.07) is 8.86. The zero-order valence-electron chi connectivity index (χ0n) is 11.4. The summed E-state index contributed by atoms with van der Waals surface area (Å²) < 4.78 is 0. The van der Waals surface area contributed by atoms with E-state index in [9.17, 15) is 0 Å². The first kappa shape index (κ1) is 14.0. The molecule has 1 aromatic carbocycles. The van der Waals surface area contributed by atoms with Gasteiger partial charge in [-0.1, -0.05) is 26.0 Å². The van der Waals surface area contributed by atoms with Crippen molar-refractivity contribution in [3.63, 3.8) is 0 Å². The molecule has 0 aliphatic carbocycles. The minimum atomic E-state index is 0.644. The minimum Gasteiger partial charge on any atom is -0.375 e. The quantitative estimate of drug-likeness (QED) is 0.785. The van der Waals surface area contributed by atoms with E-state index < -0.39 is 0 Å². The molecular weight excluding hydrogens is 208 g/mol. The number of hydrogen-bond acceptors (Lipinski definition) is 2. The number of nitrogens with zero attached hydrogens (tertiary/aromatic N) is 1. The Morgan fingerprint density at radius 1 is 1.24 bits per heavy atom. The number of anilines is 1. The van der Waals surface area contributed by atoms with E-state index in [1.165, 1.54) is 24.1 Å². The van der Waals surface area contributed by atoms with Crippen LogP contribution in [0, 0.1) is 5.92 Å². The molecule has 96 valence electrons. The van der Waals surface area contributed by atoms with E-state index in [0.29, 0.717) is 5.92 Å². The summed E-state index contributed by atoms with van der Waals surface area (Å²) in [5.74, 6) is 0.644. The molecule has 1 unspecified atom stereocenters. The Morgan fingerprint density at radius 2 is 1.88 bits per heavy atom. The van der Waals surface area contributed by atoms with Crippen molar-refractivity contribution in [3.05, 3.63) is 29.8 Å². The van der Waals surface area contributed by atoms with Crippen LogP contribution in [0.2, 0.25) is 0 Å². The number of aryl methyl sites for hydroxylation is 1. The lowest BCUT2D eigenvalue weighted by molar-refractivity contribution is 0.521. The first-order valence-corrected chi connectivity index (χ1v) is 6.67. The maximum Gasteiger partial charge on any atom is 0.0363 e. The molecule has 0 fully saturated rings. The average Bonchev–Trinajstić information content (AvgIpc) is 2.38. The fourth-order valence-electron chi connectivity index (χ4n) is 1.91. The summed E-state index contributed by atoms with van der Waals surface area (Å²) >= 11 is 0. The van der Waals surface area contributed by atoms with Gasteiger partial charge >= 0.3 is 0 Å². The largest absolute Gasteiger partial charge is 0.375 e. The molecule has 2 heteroatoms. The predicted octanol–water partition coefficient (Wildman–Crippen LogP) is 3.06. The van der Waals surface area contributed by atoms with Gasteiger partial charge in [0.2, 0.25) is 0 Å². The Hall–Kier alpha value is -1.02. The number of rotatable bonds is 7. The summed E-state index contributed by atoms with van der Waals surface area (Å²) in [7, 11) is 2.16. The Kier molecular flexibility index (Phi) is 6.06. The van der Waals surface area contributed by atoms with Gasteiger partial charge in [0.15, 0.2) is 0 Å². The van der Waals surface area contributed by atoms with Crippen LogP contribution < -0.4 is 10.6 Å². The molecule has 2 N–H and O–H groups in total. The second-order valence-corrected chi connectivity index (χ2v) is 4.92. The Labute approximate surface area is 106 Å². The van der Waals surface area contributed by atoms with Gasteiger partial charge in [0.25, 0.3) is 0 Å². The normalized spacial score (nSPS) is 12.5. The fraction of sp³-hybridized carbons (Fsp3) is 0.600. The fourth-order valence-corrected chi connectivity index (χ4v) is 1.91. The van der Waals surface area contributed by atoms with E-state index in [1.807, 2.05) is 0 Å². The maximum atomic E-state index is 5.62. The standard InChI is InChI=1S/C15H26N2/c1-4-14-7-9-15(10-8-14)17(3)11-5-6-13(2)12-16/h7-10,13H,4-6,11-12,16H2,1-3H3. The van der Waals surface area contributed by atoms with Gasteiger partial charge in [-0.2, -0.15) is 0 Å². The summed E-state index contributed by atoms with van der Waals surface area (Å²) in [4.78, 5) is 2.32. The van der Waals surface area contributed by atoms with Crippen molar-refractivity contribution < 1.29 is 0 Å². The molecule has 2 nitrogen and oxygen atoms in total. The van der Waals surface area contributed by atoms with E-state index in [2.05, 4.69) is 50.1 Å². The summed E-state index contributed by atoms with van der Waals surface area (Å²) in [5, 5.41) is 0. The molecule has 0 amide bonds. The number of nitrogens with two attached hydrogens (primary N) is 1. The SMILES string of the molecule is CCc1ccc(N(C)CCCC(C)CN)cc1. The lowest BCUT2D eigenvalue weighted by atomic mass is 10.1. The highest BCUT2D eigenvalue weighted by Crippen LogP contribution is 2.15. The highest BCUT2D eigenvalue weighted by atomic mass is 15.1. The predicted molar refractivity (Wildman–Crippen MR) is 76.5 cm³/mol. The van der Waals surface area contributed by atoms with E-state index >= 15 is 0 Å². The summed E-state index contributed by atoms with van der Waals surface area (Å²) in [5.41, 5.74) is 8.33. The third-order valence-corrected chi connectivity index (χ3v) is 3.38. The van der Waals surface area contributed by atoms with Crippen molar-refractivity contribution in [2.24, 2.45) is 11.7 Å².